The van der Waals surface area contributed by atoms with Crippen molar-refractivity contribution in [2.45, 2.75) is 13.5 Å². The Kier molecular flexibility index (Phi) is 7.49. The summed E-state index contributed by atoms with van der Waals surface area (Å²) in [6, 6.07) is 21.9. The molecule has 1 saturated heterocycles. The minimum atomic E-state index is -1.02. The smallest absolute Gasteiger partial charge is 0.335 e. The number of likely N-dealkylation sites (N-methyl/N-ethyl adjacent to an activating group) is 1. The fourth-order valence-electron chi connectivity index (χ4n) is 3.30. The van der Waals surface area contributed by atoms with E-state index in [-0.39, 0.29) is 11.5 Å². The second-order valence-electron chi connectivity index (χ2n) is 7.37. The van der Waals surface area contributed by atoms with Crippen molar-refractivity contribution in [3.8, 4) is 5.75 Å². The van der Waals surface area contributed by atoms with E-state index >= 15 is 0 Å². The SMILES string of the molecule is CCN1C(=O)/C(=C\c2ccc(OCc3ccccc3)c(Br)c2)SC1=Nc1cccc(C(=O)O)c1. The molecule has 172 valence electrons. The predicted octanol–water partition coefficient (Wildman–Crippen LogP) is 6.35. The number of amidine groups is 1. The van der Waals surface area contributed by atoms with Crippen molar-refractivity contribution >= 4 is 56.5 Å². The molecule has 6 nitrogen and oxygen atoms in total. The van der Waals surface area contributed by atoms with Gasteiger partial charge in [0.25, 0.3) is 5.91 Å². The normalized spacial score (nSPS) is 15.8. The summed E-state index contributed by atoms with van der Waals surface area (Å²) >= 11 is 4.82. The molecule has 0 atom stereocenters. The first-order valence-electron chi connectivity index (χ1n) is 10.5. The Morgan fingerprint density at radius 3 is 2.62 bits per heavy atom. The highest BCUT2D eigenvalue weighted by Crippen LogP contribution is 2.35. The lowest BCUT2D eigenvalue weighted by molar-refractivity contribution is -0.122. The van der Waals surface area contributed by atoms with Gasteiger partial charge in [0.2, 0.25) is 0 Å². The first-order chi connectivity index (χ1) is 16.4. The summed E-state index contributed by atoms with van der Waals surface area (Å²) in [6.07, 6.45) is 1.82. The molecule has 0 saturated carbocycles. The van der Waals surface area contributed by atoms with Crippen LogP contribution in [0.2, 0.25) is 0 Å². The minimum Gasteiger partial charge on any atom is -0.488 e. The number of thioether (sulfide) groups is 1. The molecule has 1 N–H and O–H groups in total. The van der Waals surface area contributed by atoms with Crippen LogP contribution in [0, 0.1) is 0 Å². The van der Waals surface area contributed by atoms with E-state index in [9.17, 15) is 14.7 Å². The van der Waals surface area contributed by atoms with Crippen molar-refractivity contribution in [2.75, 3.05) is 6.54 Å². The number of aromatic carboxylic acids is 1. The summed E-state index contributed by atoms with van der Waals surface area (Å²) in [7, 11) is 0. The molecule has 0 aromatic heterocycles. The Hall–Kier alpha value is -3.36. The molecular weight excluding hydrogens is 516 g/mol. The van der Waals surface area contributed by atoms with E-state index in [1.54, 1.807) is 17.0 Å². The lowest BCUT2D eigenvalue weighted by Crippen LogP contribution is -2.28. The van der Waals surface area contributed by atoms with E-state index in [0.29, 0.717) is 34.7 Å². The number of aliphatic imine (C=N–C) groups is 1. The zero-order valence-electron chi connectivity index (χ0n) is 18.3. The number of hydrogen-bond acceptors (Lipinski definition) is 5. The third kappa shape index (κ3) is 5.58. The van der Waals surface area contributed by atoms with Gasteiger partial charge in [-0.25, -0.2) is 9.79 Å². The molecular formula is C26H21BrN2O4S. The molecule has 3 aromatic carbocycles. The zero-order valence-corrected chi connectivity index (χ0v) is 20.7. The summed E-state index contributed by atoms with van der Waals surface area (Å²) in [6.45, 7) is 2.79. The molecule has 0 spiro atoms. The van der Waals surface area contributed by atoms with Crippen LogP contribution in [0.1, 0.15) is 28.4 Å². The van der Waals surface area contributed by atoms with Crippen LogP contribution in [0.3, 0.4) is 0 Å². The standard InChI is InChI=1S/C26H21BrN2O4S/c1-2-29-24(30)23(34-26(29)28-20-10-6-9-19(15-20)25(31)32)14-18-11-12-22(21(27)13-18)33-16-17-7-4-3-5-8-17/h3-15H,2,16H2,1H3,(H,31,32)/b23-14+,28-26?. The third-order valence-corrected chi connectivity index (χ3v) is 6.64. The predicted molar refractivity (Wildman–Crippen MR) is 138 cm³/mol. The maximum absolute atomic E-state index is 13.0. The van der Waals surface area contributed by atoms with Gasteiger partial charge < -0.3 is 9.84 Å². The largest absolute Gasteiger partial charge is 0.488 e. The second kappa shape index (κ2) is 10.7. The zero-order chi connectivity index (χ0) is 24.1. The summed E-state index contributed by atoms with van der Waals surface area (Å²) in [4.78, 5) is 30.8. The van der Waals surface area contributed by atoms with E-state index in [2.05, 4.69) is 20.9 Å². The quantitative estimate of drug-likeness (QED) is 0.356. The number of hydrogen-bond donors (Lipinski definition) is 1. The van der Waals surface area contributed by atoms with Gasteiger partial charge in [-0.15, -0.1) is 0 Å². The van der Waals surface area contributed by atoms with Crippen molar-refractivity contribution in [2.24, 2.45) is 4.99 Å². The van der Waals surface area contributed by atoms with Crippen LogP contribution in [0.5, 0.6) is 5.75 Å². The number of carbonyl (C=O) groups excluding carboxylic acids is 1. The minimum absolute atomic E-state index is 0.138. The summed E-state index contributed by atoms with van der Waals surface area (Å²) in [5, 5.41) is 9.73. The molecule has 1 fully saturated rings. The van der Waals surface area contributed by atoms with Crippen molar-refractivity contribution < 1.29 is 19.4 Å². The first kappa shape index (κ1) is 23.8. The van der Waals surface area contributed by atoms with Gasteiger partial charge in [-0.1, -0.05) is 42.5 Å². The Balaban J connectivity index is 1.53. The molecule has 1 aliphatic heterocycles. The van der Waals surface area contributed by atoms with Gasteiger partial charge in [0.1, 0.15) is 12.4 Å². The number of ether oxygens (including phenoxy) is 1. The molecule has 1 heterocycles. The first-order valence-corrected chi connectivity index (χ1v) is 12.2. The molecule has 0 unspecified atom stereocenters. The van der Waals surface area contributed by atoms with Crippen molar-refractivity contribution in [1.29, 1.82) is 0 Å². The van der Waals surface area contributed by atoms with Crippen LogP contribution < -0.4 is 4.74 Å². The number of halogens is 1. The average Bonchev–Trinajstić information content (AvgIpc) is 3.12. The second-order valence-corrected chi connectivity index (χ2v) is 9.24. The highest BCUT2D eigenvalue weighted by molar-refractivity contribution is 9.10. The van der Waals surface area contributed by atoms with E-state index in [0.717, 1.165) is 15.6 Å². The van der Waals surface area contributed by atoms with Crippen LogP contribution in [0.15, 0.2) is 87.2 Å². The van der Waals surface area contributed by atoms with Gasteiger partial charge >= 0.3 is 5.97 Å². The van der Waals surface area contributed by atoms with E-state index in [1.807, 2.05) is 61.5 Å². The number of rotatable bonds is 7. The maximum Gasteiger partial charge on any atom is 0.335 e. The number of amides is 1. The topological polar surface area (TPSA) is 79.2 Å². The molecule has 1 aliphatic rings. The van der Waals surface area contributed by atoms with Gasteiger partial charge in [0.15, 0.2) is 5.17 Å². The monoisotopic (exact) mass is 536 g/mol. The number of carbonyl (C=O) groups is 2. The number of carboxylic acids is 1. The van der Waals surface area contributed by atoms with Crippen molar-refractivity contribution in [3.05, 3.63) is 98.9 Å². The van der Waals surface area contributed by atoms with E-state index in [1.165, 1.54) is 23.9 Å². The Morgan fingerprint density at radius 1 is 1.12 bits per heavy atom. The third-order valence-electron chi connectivity index (χ3n) is 5.01. The lowest BCUT2D eigenvalue weighted by atomic mass is 10.2. The van der Waals surface area contributed by atoms with Gasteiger partial charge in [0, 0.05) is 6.54 Å². The van der Waals surface area contributed by atoms with Gasteiger partial charge in [0.05, 0.1) is 20.6 Å². The van der Waals surface area contributed by atoms with Crippen LogP contribution >= 0.6 is 27.7 Å². The molecule has 4 rings (SSSR count). The highest BCUT2D eigenvalue weighted by Gasteiger charge is 2.32. The molecule has 0 aliphatic carbocycles. The number of benzene rings is 3. The Labute approximate surface area is 210 Å². The molecule has 0 bridgehead atoms. The summed E-state index contributed by atoms with van der Waals surface area (Å²) in [5.41, 5.74) is 2.56. The van der Waals surface area contributed by atoms with Crippen molar-refractivity contribution in [1.82, 2.24) is 4.90 Å². The molecule has 8 heteroatoms. The summed E-state index contributed by atoms with van der Waals surface area (Å²) in [5.74, 6) is -0.444. The highest BCUT2D eigenvalue weighted by atomic mass is 79.9. The summed E-state index contributed by atoms with van der Waals surface area (Å²) < 4.78 is 6.70. The van der Waals surface area contributed by atoms with Crippen LogP contribution in [0.25, 0.3) is 6.08 Å². The average molecular weight is 537 g/mol. The van der Waals surface area contributed by atoms with Crippen LogP contribution in [0.4, 0.5) is 5.69 Å². The molecule has 34 heavy (non-hydrogen) atoms. The molecule has 3 aromatic rings. The fraction of sp³-hybridized carbons (Fsp3) is 0.115. The molecule has 1 amide bonds. The van der Waals surface area contributed by atoms with Crippen molar-refractivity contribution in [3.63, 3.8) is 0 Å². The Bertz CT molecular complexity index is 1290. The van der Waals surface area contributed by atoms with Gasteiger partial charge in [-0.05, 0) is 82.2 Å². The number of nitrogens with zero attached hydrogens (tertiary/aromatic N) is 2. The Morgan fingerprint density at radius 2 is 1.91 bits per heavy atom. The fourth-order valence-corrected chi connectivity index (χ4v) is 4.87. The van der Waals surface area contributed by atoms with E-state index in [4.69, 9.17) is 4.74 Å². The van der Waals surface area contributed by atoms with Gasteiger partial charge in [-0.2, -0.15) is 0 Å². The molecule has 0 radical (unpaired) electrons. The lowest BCUT2D eigenvalue weighted by Gasteiger charge is -2.12. The maximum atomic E-state index is 13.0. The van der Waals surface area contributed by atoms with Crippen LogP contribution in [-0.4, -0.2) is 33.6 Å². The van der Waals surface area contributed by atoms with Crippen LogP contribution in [-0.2, 0) is 11.4 Å². The van der Waals surface area contributed by atoms with Gasteiger partial charge in [-0.3, -0.25) is 9.69 Å². The van der Waals surface area contributed by atoms with E-state index < -0.39 is 5.97 Å². The number of carboxylic acid groups (broad SMARTS) is 1.